The largest absolute Gasteiger partial charge is 0.495 e. The Morgan fingerprint density at radius 2 is 1.97 bits per heavy atom. The van der Waals surface area contributed by atoms with Crippen LogP contribution in [0.25, 0.3) is 0 Å². The lowest BCUT2D eigenvalue weighted by Crippen LogP contribution is -2.40. The number of benzene rings is 1. The molecule has 0 saturated carbocycles. The molecular weight excluding hydrogens is 392 g/mol. The third-order valence-electron chi connectivity index (χ3n) is 4.14. The summed E-state index contributed by atoms with van der Waals surface area (Å²) in [6.07, 6.45) is 3.56. The molecule has 0 bridgehead atoms. The fraction of sp³-hybridized carbons (Fsp3) is 0.500. The molecule has 1 N–H and O–H groups in total. The number of nitrogens with one attached hydrogen (secondary N) is 1. The van der Waals surface area contributed by atoms with E-state index in [9.17, 15) is 13.2 Å². The lowest BCUT2D eigenvalue weighted by Gasteiger charge is -2.27. The van der Waals surface area contributed by atoms with E-state index < -0.39 is 15.6 Å². The van der Waals surface area contributed by atoms with E-state index in [1.807, 2.05) is 27.1 Å². The molecule has 2 rings (SSSR count). The molecule has 1 amide bonds. The molecule has 0 saturated heterocycles. The average molecular weight is 423 g/mol. The van der Waals surface area contributed by atoms with Crippen molar-refractivity contribution in [2.45, 2.75) is 57.6 Å². The van der Waals surface area contributed by atoms with Crippen LogP contribution >= 0.6 is 0 Å². The smallest absolute Gasteiger partial charge is 0.254 e. The predicted octanol–water partition coefficient (Wildman–Crippen LogP) is 2.56. The number of carbonyl (C=O) groups is 1. The molecule has 0 aliphatic carbocycles. The maximum absolute atomic E-state index is 13.2. The third kappa shape index (κ3) is 5.80. The van der Waals surface area contributed by atoms with E-state index in [2.05, 4.69) is 9.82 Å². The highest BCUT2D eigenvalue weighted by Gasteiger charge is 2.28. The van der Waals surface area contributed by atoms with E-state index in [-0.39, 0.29) is 28.2 Å². The number of rotatable bonds is 7. The van der Waals surface area contributed by atoms with Crippen molar-refractivity contribution in [3.05, 3.63) is 41.7 Å². The molecular formula is C20H30N4O4S. The van der Waals surface area contributed by atoms with Crippen LogP contribution in [0.5, 0.6) is 5.75 Å². The first kappa shape index (κ1) is 22.9. The second kappa shape index (κ2) is 8.54. The van der Waals surface area contributed by atoms with Crippen molar-refractivity contribution in [1.29, 1.82) is 0 Å². The maximum atomic E-state index is 13.2. The van der Waals surface area contributed by atoms with Crippen LogP contribution in [0.3, 0.4) is 0 Å². The van der Waals surface area contributed by atoms with Gasteiger partial charge in [-0.1, -0.05) is 0 Å². The van der Waals surface area contributed by atoms with Crippen LogP contribution < -0.4 is 9.46 Å². The number of ether oxygens (including phenoxy) is 1. The van der Waals surface area contributed by atoms with Crippen molar-refractivity contribution in [3.8, 4) is 5.75 Å². The Kier molecular flexibility index (Phi) is 6.74. The van der Waals surface area contributed by atoms with Gasteiger partial charge >= 0.3 is 0 Å². The van der Waals surface area contributed by atoms with Crippen LogP contribution in [0.15, 0.2) is 35.5 Å². The molecule has 0 aliphatic rings. The Bertz CT molecular complexity index is 975. The van der Waals surface area contributed by atoms with Crippen molar-refractivity contribution in [2.75, 3.05) is 7.11 Å². The molecule has 1 aromatic carbocycles. The molecule has 2 aromatic rings. The molecule has 8 nitrogen and oxygen atoms in total. The average Bonchev–Trinajstić information content (AvgIpc) is 3.01. The lowest BCUT2D eigenvalue weighted by atomic mass is 10.1. The SMILES string of the molecule is COc1ccc(C(=O)N(Cc2cnn(C)c2)C(C)C)cc1S(=O)(=O)NC(C)(C)C. The van der Waals surface area contributed by atoms with E-state index >= 15 is 0 Å². The fourth-order valence-electron chi connectivity index (χ4n) is 2.88. The number of hydrogen-bond donors (Lipinski definition) is 1. The molecule has 29 heavy (non-hydrogen) atoms. The highest BCUT2D eigenvalue weighted by Crippen LogP contribution is 2.27. The number of sulfonamides is 1. The number of methoxy groups -OCH3 is 1. The van der Waals surface area contributed by atoms with Gasteiger partial charge in [0.25, 0.3) is 5.91 Å². The standard InChI is InChI=1S/C20H30N4O4S/c1-14(2)24(13-15-11-21-23(6)12-15)19(25)16-8-9-17(28-7)18(10-16)29(26,27)22-20(3,4)5/h8-12,14,22H,13H2,1-7H3. The van der Waals surface area contributed by atoms with Crippen LogP contribution in [0.2, 0.25) is 0 Å². The molecule has 1 heterocycles. The fourth-order valence-corrected chi connectivity index (χ4v) is 4.50. The Morgan fingerprint density at radius 1 is 1.31 bits per heavy atom. The van der Waals surface area contributed by atoms with E-state index in [1.165, 1.54) is 19.2 Å². The van der Waals surface area contributed by atoms with Gasteiger partial charge in [0.2, 0.25) is 10.0 Å². The van der Waals surface area contributed by atoms with Crippen LogP contribution in [-0.4, -0.2) is 47.7 Å². The van der Waals surface area contributed by atoms with E-state index in [4.69, 9.17) is 4.74 Å². The van der Waals surface area contributed by atoms with E-state index in [0.29, 0.717) is 6.54 Å². The van der Waals surface area contributed by atoms with Gasteiger partial charge in [-0.3, -0.25) is 9.48 Å². The Labute approximate surface area is 172 Å². The first-order valence-corrected chi connectivity index (χ1v) is 10.8. The second-order valence-electron chi connectivity index (χ2n) is 8.27. The number of aryl methyl sites for hydroxylation is 1. The monoisotopic (exact) mass is 422 g/mol. The highest BCUT2D eigenvalue weighted by atomic mass is 32.2. The topological polar surface area (TPSA) is 93.5 Å². The minimum Gasteiger partial charge on any atom is -0.495 e. The van der Waals surface area contributed by atoms with Crippen LogP contribution in [0.1, 0.15) is 50.5 Å². The van der Waals surface area contributed by atoms with Gasteiger partial charge < -0.3 is 9.64 Å². The molecule has 9 heteroatoms. The van der Waals surface area contributed by atoms with E-state index in [1.54, 1.807) is 42.6 Å². The molecule has 0 radical (unpaired) electrons. The molecule has 1 aromatic heterocycles. The van der Waals surface area contributed by atoms with Crippen LogP contribution in [0.4, 0.5) is 0 Å². The lowest BCUT2D eigenvalue weighted by molar-refractivity contribution is 0.0690. The summed E-state index contributed by atoms with van der Waals surface area (Å²) in [5, 5.41) is 4.14. The summed E-state index contributed by atoms with van der Waals surface area (Å²) >= 11 is 0. The molecule has 0 atom stereocenters. The first-order chi connectivity index (χ1) is 13.3. The quantitative estimate of drug-likeness (QED) is 0.740. The summed E-state index contributed by atoms with van der Waals surface area (Å²) in [5.41, 5.74) is 0.497. The van der Waals surface area contributed by atoms with Gasteiger partial charge in [0.15, 0.2) is 0 Å². The number of nitrogens with zero attached hydrogens (tertiary/aromatic N) is 3. The summed E-state index contributed by atoms with van der Waals surface area (Å²) in [7, 11) is -0.665. The van der Waals surface area contributed by atoms with Gasteiger partial charge in [0.05, 0.1) is 13.3 Å². The predicted molar refractivity (Wildman–Crippen MR) is 111 cm³/mol. The van der Waals surface area contributed by atoms with Gasteiger partial charge in [0.1, 0.15) is 10.6 Å². The summed E-state index contributed by atoms with van der Waals surface area (Å²) < 4.78 is 35.3. The van der Waals surface area contributed by atoms with Gasteiger partial charge in [0, 0.05) is 42.5 Å². The molecule has 0 spiro atoms. The third-order valence-corrected chi connectivity index (χ3v) is 5.92. The molecule has 0 fully saturated rings. The number of hydrogen-bond acceptors (Lipinski definition) is 5. The van der Waals surface area contributed by atoms with Crippen LogP contribution in [0, 0.1) is 0 Å². The van der Waals surface area contributed by atoms with Crippen molar-refractivity contribution in [1.82, 2.24) is 19.4 Å². The second-order valence-corrected chi connectivity index (χ2v) is 9.92. The Balaban J connectivity index is 2.43. The maximum Gasteiger partial charge on any atom is 0.254 e. The number of aromatic nitrogens is 2. The summed E-state index contributed by atoms with van der Waals surface area (Å²) in [4.78, 5) is 14.8. The van der Waals surface area contributed by atoms with Crippen LogP contribution in [-0.2, 0) is 23.6 Å². The minimum atomic E-state index is -3.88. The van der Waals surface area contributed by atoms with Crippen molar-refractivity contribution >= 4 is 15.9 Å². The minimum absolute atomic E-state index is 0.0640. The van der Waals surface area contributed by atoms with Gasteiger partial charge in [-0.25, -0.2) is 13.1 Å². The van der Waals surface area contributed by atoms with Crippen molar-refractivity contribution < 1.29 is 17.9 Å². The van der Waals surface area contributed by atoms with Gasteiger partial charge in [-0.2, -0.15) is 5.10 Å². The van der Waals surface area contributed by atoms with Gasteiger partial charge in [-0.05, 0) is 52.8 Å². The Morgan fingerprint density at radius 3 is 2.45 bits per heavy atom. The van der Waals surface area contributed by atoms with Gasteiger partial charge in [-0.15, -0.1) is 0 Å². The zero-order valence-electron chi connectivity index (χ0n) is 18.1. The molecule has 160 valence electrons. The van der Waals surface area contributed by atoms with E-state index in [0.717, 1.165) is 5.56 Å². The Hall–Kier alpha value is -2.39. The summed E-state index contributed by atoms with van der Waals surface area (Å²) in [5.74, 6) is -0.0830. The zero-order chi connectivity index (χ0) is 22.0. The zero-order valence-corrected chi connectivity index (χ0v) is 18.9. The molecule has 0 unspecified atom stereocenters. The molecule has 0 aliphatic heterocycles. The number of amides is 1. The first-order valence-electron chi connectivity index (χ1n) is 9.34. The summed E-state index contributed by atoms with van der Waals surface area (Å²) in [6, 6.07) is 4.37. The van der Waals surface area contributed by atoms with Crippen molar-refractivity contribution in [2.24, 2.45) is 7.05 Å². The normalized spacial score (nSPS) is 12.3. The van der Waals surface area contributed by atoms with Crippen molar-refractivity contribution in [3.63, 3.8) is 0 Å². The highest BCUT2D eigenvalue weighted by molar-refractivity contribution is 7.89. The summed E-state index contributed by atoms with van der Waals surface area (Å²) in [6.45, 7) is 9.45. The number of carbonyl (C=O) groups excluding carboxylic acids is 1.